The maximum absolute atomic E-state index is 6.28. The summed E-state index contributed by atoms with van der Waals surface area (Å²) < 4.78 is 16.3. The Morgan fingerprint density at radius 1 is 1.25 bits per heavy atom. The lowest BCUT2D eigenvalue weighted by molar-refractivity contribution is 0.00912. The molecule has 0 aliphatic carbocycles. The predicted octanol–water partition coefficient (Wildman–Crippen LogP) is 3.05. The van der Waals surface area contributed by atoms with Gasteiger partial charge < -0.3 is 19.9 Å². The van der Waals surface area contributed by atoms with Crippen LogP contribution in [0.3, 0.4) is 0 Å². The fraction of sp³-hybridized carbons (Fsp3) is 0.625. The van der Waals surface area contributed by atoms with Crippen LogP contribution < -0.4 is 15.2 Å². The van der Waals surface area contributed by atoms with Crippen molar-refractivity contribution < 1.29 is 14.2 Å². The molecule has 1 saturated heterocycles. The molecule has 2 rings (SSSR count). The van der Waals surface area contributed by atoms with Crippen LogP contribution in [0, 0.1) is 0 Å². The first-order chi connectivity index (χ1) is 9.74. The minimum Gasteiger partial charge on any atom is -0.493 e. The molecule has 2 atom stereocenters. The minimum absolute atomic E-state index is 0.0142. The molecule has 0 bridgehead atoms. The molecule has 1 aromatic carbocycles. The molecule has 1 aliphatic heterocycles. The van der Waals surface area contributed by atoms with E-state index in [0.717, 1.165) is 36.5 Å². The summed E-state index contributed by atoms with van der Waals surface area (Å²) in [6, 6.07) is 5.89. The monoisotopic (exact) mass is 279 g/mol. The standard InChI is InChI=1S/C16H25NO3/c1-18-15-9-6-12(11-16(15)19-2)14(17)8-7-13-5-3-4-10-20-13/h6,9,11,13-14H,3-5,7-8,10,17H2,1-2H3. The fourth-order valence-electron chi connectivity index (χ4n) is 2.65. The Kier molecular flexibility index (Phi) is 5.68. The molecule has 1 fully saturated rings. The van der Waals surface area contributed by atoms with Crippen molar-refractivity contribution in [3.63, 3.8) is 0 Å². The Bertz CT molecular complexity index is 416. The molecule has 112 valence electrons. The first-order valence-corrected chi connectivity index (χ1v) is 7.33. The van der Waals surface area contributed by atoms with Crippen molar-refractivity contribution in [1.29, 1.82) is 0 Å². The molecule has 0 aromatic heterocycles. The van der Waals surface area contributed by atoms with Crippen LogP contribution in [0.2, 0.25) is 0 Å². The average Bonchev–Trinajstić information content (AvgIpc) is 2.52. The first-order valence-electron chi connectivity index (χ1n) is 7.33. The van der Waals surface area contributed by atoms with Crippen LogP contribution in [0.4, 0.5) is 0 Å². The number of rotatable bonds is 6. The zero-order valence-corrected chi connectivity index (χ0v) is 12.4. The zero-order chi connectivity index (χ0) is 14.4. The summed E-state index contributed by atoms with van der Waals surface area (Å²) in [6.45, 7) is 0.899. The number of methoxy groups -OCH3 is 2. The van der Waals surface area contributed by atoms with Gasteiger partial charge in [-0.3, -0.25) is 0 Å². The lowest BCUT2D eigenvalue weighted by atomic mass is 9.97. The summed E-state index contributed by atoms with van der Waals surface area (Å²) in [5.74, 6) is 1.47. The van der Waals surface area contributed by atoms with Crippen molar-refractivity contribution in [2.45, 2.75) is 44.2 Å². The molecule has 4 nitrogen and oxygen atoms in total. The Morgan fingerprint density at radius 2 is 2.05 bits per heavy atom. The summed E-state index contributed by atoms with van der Waals surface area (Å²) >= 11 is 0. The Morgan fingerprint density at radius 3 is 2.70 bits per heavy atom. The van der Waals surface area contributed by atoms with E-state index < -0.39 is 0 Å². The molecule has 2 unspecified atom stereocenters. The summed E-state index contributed by atoms with van der Waals surface area (Å²) in [5, 5.41) is 0. The van der Waals surface area contributed by atoms with Crippen LogP contribution in [0.5, 0.6) is 11.5 Å². The van der Waals surface area contributed by atoms with E-state index in [2.05, 4.69) is 0 Å². The van der Waals surface area contributed by atoms with Gasteiger partial charge >= 0.3 is 0 Å². The molecule has 2 N–H and O–H groups in total. The van der Waals surface area contributed by atoms with Gasteiger partial charge in [-0.25, -0.2) is 0 Å². The summed E-state index contributed by atoms with van der Waals surface area (Å²) in [4.78, 5) is 0. The molecule has 0 spiro atoms. The second-order valence-corrected chi connectivity index (χ2v) is 5.29. The van der Waals surface area contributed by atoms with E-state index in [4.69, 9.17) is 19.9 Å². The number of hydrogen-bond donors (Lipinski definition) is 1. The van der Waals surface area contributed by atoms with E-state index in [0.29, 0.717) is 6.10 Å². The predicted molar refractivity (Wildman–Crippen MR) is 79.3 cm³/mol. The summed E-state index contributed by atoms with van der Waals surface area (Å²) in [6.07, 6.45) is 5.97. The topological polar surface area (TPSA) is 53.7 Å². The van der Waals surface area contributed by atoms with Gasteiger partial charge in [-0.2, -0.15) is 0 Å². The van der Waals surface area contributed by atoms with Crippen molar-refractivity contribution in [1.82, 2.24) is 0 Å². The average molecular weight is 279 g/mol. The van der Waals surface area contributed by atoms with Crippen molar-refractivity contribution in [2.24, 2.45) is 5.73 Å². The van der Waals surface area contributed by atoms with Crippen molar-refractivity contribution in [2.75, 3.05) is 20.8 Å². The molecule has 1 heterocycles. The molecule has 1 aliphatic rings. The molecule has 0 amide bonds. The molecular weight excluding hydrogens is 254 g/mol. The summed E-state index contributed by atoms with van der Waals surface area (Å²) in [5.41, 5.74) is 7.36. The van der Waals surface area contributed by atoms with Crippen LogP contribution >= 0.6 is 0 Å². The Balaban J connectivity index is 1.92. The third kappa shape index (κ3) is 3.87. The molecule has 20 heavy (non-hydrogen) atoms. The van der Waals surface area contributed by atoms with Gasteiger partial charge in [-0.1, -0.05) is 6.07 Å². The van der Waals surface area contributed by atoms with E-state index in [9.17, 15) is 0 Å². The number of benzene rings is 1. The highest BCUT2D eigenvalue weighted by molar-refractivity contribution is 5.43. The summed E-state index contributed by atoms with van der Waals surface area (Å²) in [7, 11) is 3.28. The first kappa shape index (κ1) is 15.1. The quantitative estimate of drug-likeness (QED) is 0.869. The highest BCUT2D eigenvalue weighted by Crippen LogP contribution is 2.31. The van der Waals surface area contributed by atoms with Gasteiger partial charge in [-0.15, -0.1) is 0 Å². The zero-order valence-electron chi connectivity index (χ0n) is 12.4. The lowest BCUT2D eigenvalue weighted by Gasteiger charge is -2.24. The van der Waals surface area contributed by atoms with Crippen LogP contribution in [0.1, 0.15) is 43.7 Å². The fourth-order valence-corrected chi connectivity index (χ4v) is 2.65. The Labute approximate surface area is 121 Å². The van der Waals surface area contributed by atoms with Crippen LogP contribution in [-0.4, -0.2) is 26.9 Å². The highest BCUT2D eigenvalue weighted by atomic mass is 16.5. The van der Waals surface area contributed by atoms with Gasteiger partial charge in [0.2, 0.25) is 0 Å². The maximum atomic E-state index is 6.28. The van der Waals surface area contributed by atoms with E-state index >= 15 is 0 Å². The normalized spacial score (nSPS) is 20.4. The number of nitrogens with two attached hydrogens (primary N) is 1. The molecular formula is C16H25NO3. The van der Waals surface area contributed by atoms with Gasteiger partial charge in [0.25, 0.3) is 0 Å². The van der Waals surface area contributed by atoms with Gasteiger partial charge in [0, 0.05) is 12.6 Å². The van der Waals surface area contributed by atoms with Crippen molar-refractivity contribution in [3.8, 4) is 11.5 Å². The largest absolute Gasteiger partial charge is 0.493 e. The van der Waals surface area contributed by atoms with Crippen LogP contribution in [0.15, 0.2) is 18.2 Å². The molecule has 4 heteroatoms. The third-order valence-corrected chi connectivity index (χ3v) is 3.91. The van der Waals surface area contributed by atoms with Crippen LogP contribution in [0.25, 0.3) is 0 Å². The smallest absolute Gasteiger partial charge is 0.161 e. The van der Waals surface area contributed by atoms with E-state index in [-0.39, 0.29) is 6.04 Å². The van der Waals surface area contributed by atoms with E-state index in [1.807, 2.05) is 18.2 Å². The van der Waals surface area contributed by atoms with Crippen molar-refractivity contribution >= 4 is 0 Å². The SMILES string of the molecule is COc1ccc(C(N)CCC2CCCCO2)cc1OC. The second-order valence-electron chi connectivity index (χ2n) is 5.29. The van der Waals surface area contributed by atoms with Crippen LogP contribution in [-0.2, 0) is 4.74 Å². The number of hydrogen-bond acceptors (Lipinski definition) is 4. The van der Waals surface area contributed by atoms with E-state index in [1.165, 1.54) is 19.3 Å². The van der Waals surface area contributed by atoms with Gasteiger partial charge in [0.1, 0.15) is 0 Å². The number of ether oxygens (including phenoxy) is 3. The molecule has 0 radical (unpaired) electrons. The minimum atomic E-state index is 0.0142. The van der Waals surface area contributed by atoms with Gasteiger partial charge in [0.05, 0.1) is 20.3 Å². The van der Waals surface area contributed by atoms with Gasteiger partial charge in [0.15, 0.2) is 11.5 Å². The Hall–Kier alpha value is -1.26. The van der Waals surface area contributed by atoms with E-state index in [1.54, 1.807) is 14.2 Å². The van der Waals surface area contributed by atoms with Gasteiger partial charge in [-0.05, 0) is 49.8 Å². The molecule has 0 saturated carbocycles. The lowest BCUT2D eigenvalue weighted by Crippen LogP contribution is -2.21. The highest BCUT2D eigenvalue weighted by Gasteiger charge is 2.16. The molecule has 1 aromatic rings. The van der Waals surface area contributed by atoms with Crippen molar-refractivity contribution in [3.05, 3.63) is 23.8 Å². The third-order valence-electron chi connectivity index (χ3n) is 3.91. The second kappa shape index (κ2) is 7.50. The maximum Gasteiger partial charge on any atom is 0.161 e.